The third-order valence-electron chi connectivity index (χ3n) is 3.94. The molecule has 0 aromatic carbocycles. The molecule has 0 saturated heterocycles. The maximum absolute atomic E-state index is 10.0. The Morgan fingerprint density at radius 1 is 0.727 bits per heavy atom. The average Bonchev–Trinajstić information content (AvgIpc) is 2.44. The minimum absolute atomic E-state index is 0.562. The van der Waals surface area contributed by atoms with Gasteiger partial charge in [0.05, 0.1) is 24.6 Å². The molecule has 0 heterocycles. The Kier molecular flexibility index (Phi) is 16.9. The van der Waals surface area contributed by atoms with Gasteiger partial charge >= 0.3 is 7.99 Å². The molecule has 0 aliphatic carbocycles. The van der Waals surface area contributed by atoms with E-state index in [0.29, 0.717) is 0 Å². The SMILES string of the molecule is CCCC[P+](CCCC)(CCCC)CCCC.O=P([O-])(F)F. The van der Waals surface area contributed by atoms with Crippen molar-refractivity contribution in [2.45, 2.75) is 79.1 Å². The summed E-state index contributed by atoms with van der Waals surface area (Å²) < 4.78 is 28.4. The number of hydrogen-bond donors (Lipinski definition) is 0. The lowest BCUT2D eigenvalue weighted by molar-refractivity contribution is -0.198. The smallest absolute Gasteiger partial charge is 0.345 e. The van der Waals surface area contributed by atoms with E-state index in [0.717, 1.165) is 0 Å². The summed E-state index contributed by atoms with van der Waals surface area (Å²) in [5.41, 5.74) is 0. The predicted octanol–water partition coefficient (Wildman–Crippen LogP) is 6.60. The summed E-state index contributed by atoms with van der Waals surface area (Å²) in [6, 6.07) is 0. The molecule has 0 unspecified atom stereocenters. The second-order valence-corrected chi connectivity index (χ2v) is 11.4. The molecule has 0 amide bonds. The first-order valence-corrected chi connectivity index (χ1v) is 12.7. The Hall–Kier alpha value is 0.480. The topological polar surface area (TPSA) is 40.1 Å². The molecule has 0 spiro atoms. The largest absolute Gasteiger partial charge is 0.749 e. The van der Waals surface area contributed by atoms with Crippen molar-refractivity contribution in [1.29, 1.82) is 0 Å². The highest BCUT2D eigenvalue weighted by Crippen LogP contribution is 2.61. The van der Waals surface area contributed by atoms with Crippen molar-refractivity contribution < 1.29 is 17.9 Å². The summed E-state index contributed by atoms with van der Waals surface area (Å²) in [6.07, 6.45) is 17.9. The lowest BCUT2D eigenvalue weighted by atomic mass is 10.4. The highest BCUT2D eigenvalue weighted by atomic mass is 31.2. The lowest BCUT2D eigenvalue weighted by Gasteiger charge is -2.28. The second kappa shape index (κ2) is 15.0. The van der Waals surface area contributed by atoms with Gasteiger partial charge in [0.2, 0.25) is 0 Å². The monoisotopic (exact) mass is 360 g/mol. The third-order valence-corrected chi connectivity index (χ3v) is 9.00. The quantitative estimate of drug-likeness (QED) is 0.368. The second-order valence-electron chi connectivity index (χ2n) is 6.06. The predicted molar refractivity (Wildman–Crippen MR) is 95.8 cm³/mol. The molecule has 0 aromatic rings. The van der Waals surface area contributed by atoms with E-state index >= 15 is 0 Å². The van der Waals surface area contributed by atoms with Gasteiger partial charge < -0.3 is 4.89 Å². The van der Waals surface area contributed by atoms with Gasteiger partial charge in [-0.1, -0.05) is 53.4 Å². The molecule has 22 heavy (non-hydrogen) atoms. The molecule has 0 atom stereocenters. The van der Waals surface area contributed by atoms with Crippen molar-refractivity contribution in [2.75, 3.05) is 24.6 Å². The Morgan fingerprint density at radius 3 is 1.05 bits per heavy atom. The summed E-state index contributed by atoms with van der Waals surface area (Å²) in [7, 11) is -6.45. The Labute approximate surface area is 137 Å². The Morgan fingerprint density at radius 2 is 0.909 bits per heavy atom. The van der Waals surface area contributed by atoms with Crippen LogP contribution in [-0.2, 0) is 4.57 Å². The molecule has 0 aliphatic heterocycles. The number of halogens is 2. The molecule has 0 N–H and O–H groups in total. The van der Waals surface area contributed by atoms with Crippen LogP contribution >= 0.6 is 15.3 Å². The third kappa shape index (κ3) is 18.5. The first kappa shape index (κ1) is 24.7. The molecule has 0 radical (unpaired) electrons. The van der Waals surface area contributed by atoms with Crippen LogP contribution in [0.1, 0.15) is 79.1 Å². The van der Waals surface area contributed by atoms with Crippen molar-refractivity contribution in [3.05, 3.63) is 0 Å². The molecule has 0 aromatic heterocycles. The molecule has 2 nitrogen and oxygen atoms in total. The van der Waals surface area contributed by atoms with Crippen LogP contribution in [0.15, 0.2) is 0 Å². The van der Waals surface area contributed by atoms with Crippen molar-refractivity contribution in [3.63, 3.8) is 0 Å². The van der Waals surface area contributed by atoms with Gasteiger partial charge in [-0.3, -0.25) is 4.57 Å². The normalized spacial score (nSPS) is 12.0. The summed E-state index contributed by atoms with van der Waals surface area (Å²) in [4.78, 5) is 8.33. The van der Waals surface area contributed by atoms with Crippen LogP contribution in [-0.4, -0.2) is 24.6 Å². The summed E-state index contributed by atoms with van der Waals surface area (Å²) >= 11 is 0. The van der Waals surface area contributed by atoms with E-state index in [1.54, 1.807) is 24.6 Å². The standard InChI is InChI=1S/C16H36P.F2HO2P/c1-5-9-13-17(14-10-6-2,15-11-7-3)16-12-8-4;1-5(2,3)4/h5-16H2,1-4H3;(H,3,4)/q+1;/p-1. The molecule has 136 valence electrons. The first-order chi connectivity index (χ1) is 10.2. The van der Waals surface area contributed by atoms with Crippen LogP contribution < -0.4 is 4.89 Å². The Balaban J connectivity index is 0. The fourth-order valence-electron chi connectivity index (χ4n) is 2.64. The zero-order chi connectivity index (χ0) is 17.5. The first-order valence-electron chi connectivity index (χ1n) is 8.80. The molecular formula is C16H36F2O2P2. The zero-order valence-corrected chi connectivity index (χ0v) is 16.7. The molecule has 0 rings (SSSR count). The van der Waals surface area contributed by atoms with Gasteiger partial charge in [0, 0.05) is 7.26 Å². The van der Waals surface area contributed by atoms with Crippen molar-refractivity contribution >= 4 is 15.3 Å². The summed E-state index contributed by atoms with van der Waals surface area (Å²) in [5.74, 6) is 0. The van der Waals surface area contributed by atoms with E-state index in [4.69, 9.17) is 9.46 Å². The highest BCUT2D eigenvalue weighted by Gasteiger charge is 2.34. The summed E-state index contributed by atoms with van der Waals surface area (Å²) in [6.45, 7) is 9.42. The van der Waals surface area contributed by atoms with Crippen LogP contribution in [0.5, 0.6) is 0 Å². The van der Waals surface area contributed by atoms with Gasteiger partial charge in [0.1, 0.15) is 0 Å². The number of unbranched alkanes of at least 4 members (excludes halogenated alkanes) is 4. The number of rotatable bonds is 12. The molecule has 0 bridgehead atoms. The van der Waals surface area contributed by atoms with Crippen LogP contribution in [0.4, 0.5) is 8.39 Å². The zero-order valence-electron chi connectivity index (χ0n) is 15.0. The van der Waals surface area contributed by atoms with E-state index in [2.05, 4.69) is 27.7 Å². The molecule has 6 heteroatoms. The Bertz CT molecular complexity index is 238. The van der Waals surface area contributed by atoms with E-state index in [9.17, 15) is 8.39 Å². The van der Waals surface area contributed by atoms with Gasteiger partial charge in [-0.05, 0) is 25.7 Å². The van der Waals surface area contributed by atoms with Gasteiger partial charge in [0.15, 0.2) is 0 Å². The van der Waals surface area contributed by atoms with E-state index in [-0.39, 0.29) is 0 Å². The van der Waals surface area contributed by atoms with Crippen LogP contribution in [0, 0.1) is 0 Å². The minimum Gasteiger partial charge on any atom is -0.749 e. The fourth-order valence-corrected chi connectivity index (χ4v) is 7.93. The average molecular weight is 360 g/mol. The fraction of sp³-hybridized carbons (Fsp3) is 1.00. The van der Waals surface area contributed by atoms with E-state index < -0.39 is 15.3 Å². The minimum atomic E-state index is -5.89. The van der Waals surface area contributed by atoms with Crippen LogP contribution in [0.25, 0.3) is 0 Å². The highest BCUT2D eigenvalue weighted by molar-refractivity contribution is 7.75. The van der Waals surface area contributed by atoms with Crippen molar-refractivity contribution in [1.82, 2.24) is 0 Å². The molecule has 0 fully saturated rings. The van der Waals surface area contributed by atoms with Crippen LogP contribution in [0.3, 0.4) is 0 Å². The molecule has 0 saturated carbocycles. The molecule has 0 aliphatic rings. The lowest BCUT2D eigenvalue weighted by Crippen LogP contribution is -2.12. The van der Waals surface area contributed by atoms with E-state index in [1.807, 2.05) is 0 Å². The summed E-state index contributed by atoms with van der Waals surface area (Å²) in [5, 5.41) is 0. The van der Waals surface area contributed by atoms with Gasteiger partial charge in [-0.2, -0.15) is 8.39 Å². The van der Waals surface area contributed by atoms with Crippen molar-refractivity contribution in [2.24, 2.45) is 0 Å². The van der Waals surface area contributed by atoms with Crippen molar-refractivity contribution in [3.8, 4) is 0 Å². The molecular weight excluding hydrogens is 324 g/mol. The maximum Gasteiger partial charge on any atom is 0.345 e. The van der Waals surface area contributed by atoms with E-state index in [1.165, 1.54) is 51.4 Å². The van der Waals surface area contributed by atoms with Gasteiger partial charge in [-0.15, -0.1) is 0 Å². The van der Waals surface area contributed by atoms with Gasteiger partial charge in [-0.25, -0.2) is 0 Å². The van der Waals surface area contributed by atoms with Gasteiger partial charge in [0.25, 0.3) is 0 Å². The van der Waals surface area contributed by atoms with Crippen LogP contribution in [0.2, 0.25) is 0 Å². The number of hydrogen-bond acceptors (Lipinski definition) is 2. The maximum atomic E-state index is 10.0.